The Hall–Kier alpha value is -1.87. The van der Waals surface area contributed by atoms with E-state index in [0.717, 1.165) is 41.2 Å². The van der Waals surface area contributed by atoms with Gasteiger partial charge in [0.25, 0.3) is 0 Å². The second-order valence-electron chi connectivity index (χ2n) is 7.51. The van der Waals surface area contributed by atoms with Crippen LogP contribution in [0.4, 0.5) is 0 Å². The molecule has 0 N–H and O–H groups in total. The van der Waals surface area contributed by atoms with Crippen molar-refractivity contribution in [3.63, 3.8) is 0 Å². The van der Waals surface area contributed by atoms with Gasteiger partial charge in [-0.2, -0.15) is 0 Å². The van der Waals surface area contributed by atoms with E-state index in [-0.39, 0.29) is 5.92 Å². The number of aromatic nitrogens is 1. The number of likely N-dealkylation sites (tertiary alicyclic amines) is 1. The van der Waals surface area contributed by atoms with Crippen LogP contribution in [0, 0.1) is 5.92 Å². The average Bonchev–Trinajstić information content (AvgIpc) is 3.05. The highest BCUT2D eigenvalue weighted by atomic mass is 35.5. The number of carbonyl (C=O) groups excluding carboxylic acids is 1. The van der Waals surface area contributed by atoms with E-state index in [1.165, 1.54) is 32.1 Å². The molecule has 4 rings (SSSR count). The highest BCUT2D eigenvalue weighted by Gasteiger charge is 2.36. The maximum absolute atomic E-state index is 12.9. The third-order valence-corrected chi connectivity index (χ3v) is 6.30. The van der Waals surface area contributed by atoms with Crippen LogP contribution >= 0.6 is 11.6 Å². The zero-order chi connectivity index (χ0) is 17.9. The number of hydrogen-bond acceptors (Lipinski definition) is 2. The van der Waals surface area contributed by atoms with Crippen molar-refractivity contribution in [2.24, 2.45) is 5.92 Å². The molecular formula is C22H25ClN2O. The largest absolute Gasteiger partial charge is 0.339 e. The molecule has 1 amide bonds. The second kappa shape index (κ2) is 7.79. The van der Waals surface area contributed by atoms with Crippen LogP contribution in [0.2, 0.25) is 5.02 Å². The predicted octanol–water partition coefficient (Wildman–Crippen LogP) is 5.13. The molecule has 26 heavy (non-hydrogen) atoms. The van der Waals surface area contributed by atoms with Gasteiger partial charge in [0, 0.05) is 30.3 Å². The van der Waals surface area contributed by atoms with Gasteiger partial charge >= 0.3 is 0 Å². The fourth-order valence-electron chi connectivity index (χ4n) is 4.43. The standard InChI is InChI=1S/C22H25ClN2O/c23-21-16(7-6-10-19(21)20-11-4-5-13-24-20)15-17-12-14-25(22(17)26)18-8-2-1-3-9-18/h4-7,10-11,13,17-18H,1-3,8-9,12,14-15H2. The Bertz CT molecular complexity index is 771. The van der Waals surface area contributed by atoms with Crippen molar-refractivity contribution in [2.75, 3.05) is 6.54 Å². The van der Waals surface area contributed by atoms with Crippen molar-refractivity contribution in [1.82, 2.24) is 9.88 Å². The number of rotatable bonds is 4. The van der Waals surface area contributed by atoms with Crippen LogP contribution in [0.25, 0.3) is 11.3 Å². The highest BCUT2D eigenvalue weighted by Crippen LogP contribution is 2.34. The van der Waals surface area contributed by atoms with Gasteiger partial charge in [-0.3, -0.25) is 9.78 Å². The summed E-state index contributed by atoms with van der Waals surface area (Å²) in [4.78, 5) is 19.5. The molecule has 1 aliphatic carbocycles. The molecule has 2 heterocycles. The monoisotopic (exact) mass is 368 g/mol. The van der Waals surface area contributed by atoms with Gasteiger partial charge in [0.05, 0.1) is 10.7 Å². The van der Waals surface area contributed by atoms with Crippen LogP contribution in [0.3, 0.4) is 0 Å². The molecule has 0 spiro atoms. The van der Waals surface area contributed by atoms with E-state index in [1.807, 2.05) is 36.4 Å². The first kappa shape index (κ1) is 17.5. The van der Waals surface area contributed by atoms with E-state index >= 15 is 0 Å². The van der Waals surface area contributed by atoms with E-state index in [2.05, 4.69) is 9.88 Å². The lowest BCUT2D eigenvalue weighted by Crippen LogP contribution is -2.39. The summed E-state index contributed by atoms with van der Waals surface area (Å²) in [5.41, 5.74) is 2.87. The summed E-state index contributed by atoms with van der Waals surface area (Å²) in [5, 5.41) is 0.732. The molecule has 1 aromatic heterocycles. The fourth-order valence-corrected chi connectivity index (χ4v) is 4.73. The molecule has 1 saturated carbocycles. The van der Waals surface area contributed by atoms with Gasteiger partial charge in [-0.05, 0) is 43.4 Å². The van der Waals surface area contributed by atoms with E-state index in [9.17, 15) is 4.79 Å². The van der Waals surface area contributed by atoms with Crippen LogP contribution in [-0.2, 0) is 11.2 Å². The Balaban J connectivity index is 1.50. The van der Waals surface area contributed by atoms with Crippen LogP contribution in [0.1, 0.15) is 44.1 Å². The zero-order valence-corrected chi connectivity index (χ0v) is 15.8. The number of hydrogen-bond donors (Lipinski definition) is 0. The van der Waals surface area contributed by atoms with Crippen LogP contribution < -0.4 is 0 Å². The third kappa shape index (κ3) is 3.50. The fraction of sp³-hybridized carbons (Fsp3) is 0.455. The average molecular weight is 369 g/mol. The van der Waals surface area contributed by atoms with E-state index in [1.54, 1.807) is 6.20 Å². The molecule has 1 unspecified atom stereocenters. The molecule has 1 aliphatic heterocycles. The third-order valence-electron chi connectivity index (χ3n) is 5.85. The Morgan fingerprint density at radius 3 is 2.65 bits per heavy atom. The van der Waals surface area contributed by atoms with Crippen molar-refractivity contribution in [3.8, 4) is 11.3 Å². The predicted molar refractivity (Wildman–Crippen MR) is 105 cm³/mol. The van der Waals surface area contributed by atoms with E-state index < -0.39 is 0 Å². The lowest BCUT2D eigenvalue weighted by atomic mass is 9.93. The second-order valence-corrected chi connectivity index (χ2v) is 7.88. The van der Waals surface area contributed by atoms with Gasteiger partial charge in [0.2, 0.25) is 5.91 Å². The summed E-state index contributed by atoms with van der Waals surface area (Å²) >= 11 is 6.69. The minimum atomic E-state index is 0.0633. The summed E-state index contributed by atoms with van der Waals surface area (Å²) in [5.74, 6) is 0.393. The number of nitrogens with zero attached hydrogens (tertiary/aromatic N) is 2. The smallest absolute Gasteiger partial charge is 0.226 e. The number of amides is 1. The summed E-state index contributed by atoms with van der Waals surface area (Å²) < 4.78 is 0. The minimum Gasteiger partial charge on any atom is -0.339 e. The molecule has 3 nitrogen and oxygen atoms in total. The lowest BCUT2D eigenvalue weighted by Gasteiger charge is -2.31. The summed E-state index contributed by atoms with van der Waals surface area (Å²) in [7, 11) is 0. The zero-order valence-electron chi connectivity index (χ0n) is 15.0. The van der Waals surface area contributed by atoms with Crippen molar-refractivity contribution in [3.05, 3.63) is 53.2 Å². The molecule has 136 valence electrons. The van der Waals surface area contributed by atoms with Gasteiger partial charge in [-0.15, -0.1) is 0 Å². The first-order valence-electron chi connectivity index (χ1n) is 9.73. The summed E-state index contributed by atoms with van der Waals surface area (Å²) in [6.45, 7) is 0.908. The van der Waals surface area contributed by atoms with E-state index in [4.69, 9.17) is 11.6 Å². The molecule has 2 aliphatic rings. The number of pyridine rings is 1. The maximum atomic E-state index is 12.9. The van der Waals surface area contributed by atoms with Crippen molar-refractivity contribution in [2.45, 2.75) is 51.0 Å². The Kier molecular flexibility index (Phi) is 5.26. The quantitative estimate of drug-likeness (QED) is 0.749. The number of halogens is 1. The highest BCUT2D eigenvalue weighted by molar-refractivity contribution is 6.34. The van der Waals surface area contributed by atoms with E-state index in [0.29, 0.717) is 11.9 Å². The molecule has 1 saturated heterocycles. The normalized spacial score (nSPS) is 21.3. The summed E-state index contributed by atoms with van der Waals surface area (Å²) in [6, 6.07) is 12.4. The van der Waals surface area contributed by atoms with Crippen LogP contribution in [-0.4, -0.2) is 28.4 Å². The van der Waals surface area contributed by atoms with Gasteiger partial charge in [-0.1, -0.05) is 55.1 Å². The van der Waals surface area contributed by atoms with Crippen LogP contribution in [0.5, 0.6) is 0 Å². The molecule has 0 bridgehead atoms. The molecule has 0 radical (unpaired) electrons. The first-order chi connectivity index (χ1) is 12.7. The van der Waals surface area contributed by atoms with Crippen LogP contribution in [0.15, 0.2) is 42.6 Å². The lowest BCUT2D eigenvalue weighted by molar-refractivity contribution is -0.133. The first-order valence-corrected chi connectivity index (χ1v) is 10.1. The van der Waals surface area contributed by atoms with Gasteiger partial charge in [0.1, 0.15) is 0 Å². The SMILES string of the molecule is O=C1C(Cc2cccc(-c3ccccn3)c2Cl)CCN1C1CCCCC1. The molecule has 1 atom stereocenters. The van der Waals surface area contributed by atoms with Gasteiger partial charge in [0.15, 0.2) is 0 Å². The molecule has 4 heteroatoms. The molecular weight excluding hydrogens is 344 g/mol. The minimum absolute atomic E-state index is 0.0633. The van der Waals surface area contributed by atoms with Gasteiger partial charge in [-0.25, -0.2) is 0 Å². The molecule has 2 fully saturated rings. The Labute approximate surface area is 160 Å². The van der Waals surface area contributed by atoms with Crippen molar-refractivity contribution in [1.29, 1.82) is 0 Å². The topological polar surface area (TPSA) is 33.2 Å². The molecule has 2 aromatic rings. The van der Waals surface area contributed by atoms with Crippen molar-refractivity contribution < 1.29 is 4.79 Å². The maximum Gasteiger partial charge on any atom is 0.226 e. The number of carbonyl (C=O) groups is 1. The van der Waals surface area contributed by atoms with Crippen molar-refractivity contribution >= 4 is 17.5 Å². The summed E-state index contributed by atoms with van der Waals surface area (Å²) in [6.07, 6.45) is 9.64. The van der Waals surface area contributed by atoms with Gasteiger partial charge < -0.3 is 4.90 Å². The number of benzene rings is 1. The Morgan fingerprint density at radius 1 is 1.04 bits per heavy atom. The molecule has 1 aromatic carbocycles. The Morgan fingerprint density at radius 2 is 1.88 bits per heavy atom.